The Morgan fingerprint density at radius 2 is 1.85 bits per heavy atom. The van der Waals surface area contributed by atoms with Crippen LogP contribution in [0.4, 0.5) is 0 Å². The van der Waals surface area contributed by atoms with Gasteiger partial charge in [-0.2, -0.15) is 0 Å². The molecule has 0 heterocycles. The number of rotatable bonds is 2. The molecule has 0 atom stereocenters. The normalized spacial score (nSPS) is 10.1. The molecular formula is C9H8Cl2O2. The standard InChI is InChI=1S/C9H8Cl2O2/c1-5(12)2-7-8(10)3-6(13)4-9(7)11/h3-4,13H,2H2,1H3. The predicted octanol–water partition coefficient (Wildman–Crippen LogP) is 2.83. The second kappa shape index (κ2) is 3.99. The van der Waals surface area contributed by atoms with Crippen molar-refractivity contribution < 1.29 is 9.90 Å². The summed E-state index contributed by atoms with van der Waals surface area (Å²) >= 11 is 11.6. The van der Waals surface area contributed by atoms with Crippen molar-refractivity contribution in [3.8, 4) is 5.75 Å². The molecule has 13 heavy (non-hydrogen) atoms. The fourth-order valence-corrected chi connectivity index (χ4v) is 1.62. The van der Waals surface area contributed by atoms with Crippen LogP contribution >= 0.6 is 23.2 Å². The minimum absolute atomic E-state index is 0.00213. The maximum Gasteiger partial charge on any atom is 0.134 e. The van der Waals surface area contributed by atoms with E-state index in [0.717, 1.165) is 0 Å². The first kappa shape index (κ1) is 10.4. The molecule has 1 aromatic rings. The summed E-state index contributed by atoms with van der Waals surface area (Å²) in [5.74, 6) is -0.0169. The van der Waals surface area contributed by atoms with E-state index < -0.39 is 0 Å². The Kier molecular flexibility index (Phi) is 3.17. The molecule has 1 N–H and O–H groups in total. The van der Waals surface area contributed by atoms with E-state index in [1.54, 1.807) is 0 Å². The average Bonchev–Trinajstić information content (AvgIpc) is 1.96. The lowest BCUT2D eigenvalue weighted by Gasteiger charge is -2.05. The lowest BCUT2D eigenvalue weighted by molar-refractivity contribution is -0.116. The second-order valence-corrected chi connectivity index (χ2v) is 3.58. The van der Waals surface area contributed by atoms with E-state index >= 15 is 0 Å². The zero-order valence-corrected chi connectivity index (χ0v) is 8.49. The van der Waals surface area contributed by atoms with Gasteiger partial charge >= 0.3 is 0 Å². The summed E-state index contributed by atoms with van der Waals surface area (Å²) in [7, 11) is 0. The Balaban J connectivity index is 3.13. The zero-order chi connectivity index (χ0) is 10.0. The highest BCUT2D eigenvalue weighted by Gasteiger charge is 2.09. The van der Waals surface area contributed by atoms with Crippen molar-refractivity contribution in [3.05, 3.63) is 27.7 Å². The molecule has 70 valence electrons. The van der Waals surface area contributed by atoms with E-state index in [1.807, 2.05) is 0 Å². The van der Waals surface area contributed by atoms with E-state index in [-0.39, 0.29) is 18.0 Å². The molecule has 0 aliphatic carbocycles. The van der Waals surface area contributed by atoms with Crippen LogP contribution in [0.15, 0.2) is 12.1 Å². The van der Waals surface area contributed by atoms with Crippen LogP contribution in [-0.2, 0) is 11.2 Å². The van der Waals surface area contributed by atoms with Crippen LogP contribution in [0.2, 0.25) is 10.0 Å². The molecule has 4 heteroatoms. The van der Waals surface area contributed by atoms with Crippen molar-refractivity contribution in [2.45, 2.75) is 13.3 Å². The average molecular weight is 219 g/mol. The van der Waals surface area contributed by atoms with Gasteiger partial charge in [0.2, 0.25) is 0 Å². The summed E-state index contributed by atoms with van der Waals surface area (Å²) < 4.78 is 0. The van der Waals surface area contributed by atoms with Gasteiger partial charge in [-0.3, -0.25) is 4.79 Å². The number of carbonyl (C=O) groups is 1. The third-order valence-corrected chi connectivity index (χ3v) is 2.23. The number of phenols is 1. The Morgan fingerprint density at radius 3 is 2.23 bits per heavy atom. The van der Waals surface area contributed by atoms with Gasteiger partial charge in [-0.05, 0) is 24.6 Å². The topological polar surface area (TPSA) is 37.3 Å². The molecule has 0 unspecified atom stereocenters. The maximum atomic E-state index is 10.8. The quantitative estimate of drug-likeness (QED) is 0.830. The largest absolute Gasteiger partial charge is 0.508 e. The molecule has 0 aliphatic heterocycles. The van der Waals surface area contributed by atoms with Crippen molar-refractivity contribution in [1.82, 2.24) is 0 Å². The van der Waals surface area contributed by atoms with Gasteiger partial charge in [0.15, 0.2) is 0 Å². The number of Topliss-reactive ketones (excluding diaryl/α,β-unsaturated/α-hetero) is 1. The van der Waals surface area contributed by atoms with Crippen molar-refractivity contribution >= 4 is 29.0 Å². The number of hydrogen-bond acceptors (Lipinski definition) is 2. The lowest BCUT2D eigenvalue weighted by Crippen LogP contribution is -1.97. The first-order chi connectivity index (χ1) is 6.00. The highest BCUT2D eigenvalue weighted by Crippen LogP contribution is 2.29. The summed E-state index contributed by atoms with van der Waals surface area (Å²) in [5.41, 5.74) is 0.564. The molecular weight excluding hydrogens is 211 g/mol. The Morgan fingerprint density at radius 1 is 1.38 bits per heavy atom. The lowest BCUT2D eigenvalue weighted by atomic mass is 10.1. The highest BCUT2D eigenvalue weighted by atomic mass is 35.5. The monoisotopic (exact) mass is 218 g/mol. The Labute approximate surface area is 86.1 Å². The molecule has 0 amide bonds. The van der Waals surface area contributed by atoms with Gasteiger partial charge in [-0.1, -0.05) is 23.2 Å². The predicted molar refractivity (Wildman–Crippen MR) is 52.5 cm³/mol. The van der Waals surface area contributed by atoms with Gasteiger partial charge in [-0.15, -0.1) is 0 Å². The van der Waals surface area contributed by atoms with Crippen molar-refractivity contribution in [2.75, 3.05) is 0 Å². The molecule has 0 aliphatic rings. The van der Waals surface area contributed by atoms with Gasteiger partial charge in [0, 0.05) is 16.5 Å². The van der Waals surface area contributed by atoms with Gasteiger partial charge in [-0.25, -0.2) is 0 Å². The zero-order valence-electron chi connectivity index (χ0n) is 6.97. The van der Waals surface area contributed by atoms with Gasteiger partial charge < -0.3 is 5.11 Å². The number of carbonyl (C=O) groups excluding carboxylic acids is 1. The smallest absolute Gasteiger partial charge is 0.134 e. The fraction of sp³-hybridized carbons (Fsp3) is 0.222. The van der Waals surface area contributed by atoms with Crippen LogP contribution in [0.5, 0.6) is 5.75 Å². The third kappa shape index (κ3) is 2.61. The first-order valence-corrected chi connectivity index (χ1v) is 4.42. The molecule has 0 aromatic heterocycles. The van der Waals surface area contributed by atoms with Crippen molar-refractivity contribution in [3.63, 3.8) is 0 Å². The summed E-state index contributed by atoms with van der Waals surface area (Å²) in [4.78, 5) is 10.8. The molecule has 0 saturated heterocycles. The number of aromatic hydroxyl groups is 1. The fourth-order valence-electron chi connectivity index (χ4n) is 1.01. The second-order valence-electron chi connectivity index (χ2n) is 2.77. The molecule has 0 spiro atoms. The molecule has 2 nitrogen and oxygen atoms in total. The number of benzene rings is 1. The SMILES string of the molecule is CC(=O)Cc1c(Cl)cc(O)cc1Cl. The molecule has 1 rings (SSSR count). The van der Waals surface area contributed by atoms with Gasteiger partial charge in [0.25, 0.3) is 0 Å². The number of ketones is 1. The minimum Gasteiger partial charge on any atom is -0.508 e. The molecule has 0 radical (unpaired) electrons. The van der Waals surface area contributed by atoms with E-state index in [2.05, 4.69) is 0 Å². The molecule has 1 aromatic carbocycles. The van der Waals surface area contributed by atoms with Crippen molar-refractivity contribution in [1.29, 1.82) is 0 Å². The highest BCUT2D eigenvalue weighted by molar-refractivity contribution is 6.36. The number of phenolic OH excluding ortho intramolecular Hbond substituents is 1. The maximum absolute atomic E-state index is 10.8. The summed E-state index contributed by atoms with van der Waals surface area (Å²) in [6, 6.07) is 2.73. The summed E-state index contributed by atoms with van der Waals surface area (Å²) in [6.07, 6.45) is 0.192. The van der Waals surface area contributed by atoms with Crippen LogP contribution in [0.25, 0.3) is 0 Å². The van der Waals surface area contributed by atoms with E-state index in [4.69, 9.17) is 28.3 Å². The summed E-state index contributed by atoms with van der Waals surface area (Å²) in [6.45, 7) is 1.46. The van der Waals surface area contributed by atoms with E-state index in [0.29, 0.717) is 15.6 Å². The van der Waals surface area contributed by atoms with Crippen LogP contribution in [0, 0.1) is 0 Å². The first-order valence-electron chi connectivity index (χ1n) is 3.67. The van der Waals surface area contributed by atoms with Crippen LogP contribution in [0.1, 0.15) is 12.5 Å². The Bertz CT molecular complexity index is 324. The Hall–Kier alpha value is -0.730. The van der Waals surface area contributed by atoms with Gasteiger partial charge in [0.05, 0.1) is 0 Å². The molecule has 0 fully saturated rings. The van der Waals surface area contributed by atoms with Crippen molar-refractivity contribution in [2.24, 2.45) is 0 Å². The molecule has 0 bridgehead atoms. The van der Waals surface area contributed by atoms with Crippen LogP contribution in [0.3, 0.4) is 0 Å². The van der Waals surface area contributed by atoms with Crippen LogP contribution < -0.4 is 0 Å². The summed E-state index contributed by atoms with van der Waals surface area (Å²) in [5, 5.41) is 9.74. The van der Waals surface area contributed by atoms with E-state index in [9.17, 15) is 4.79 Å². The van der Waals surface area contributed by atoms with Crippen LogP contribution in [-0.4, -0.2) is 10.9 Å². The molecule has 0 saturated carbocycles. The van der Waals surface area contributed by atoms with E-state index in [1.165, 1.54) is 19.1 Å². The minimum atomic E-state index is -0.0190. The number of halogens is 2. The van der Waals surface area contributed by atoms with Gasteiger partial charge in [0.1, 0.15) is 11.5 Å². The third-order valence-electron chi connectivity index (χ3n) is 1.55. The number of hydrogen-bond donors (Lipinski definition) is 1.